The lowest BCUT2D eigenvalue weighted by atomic mass is 10.1. The Morgan fingerprint density at radius 1 is 0.829 bits per heavy atom. The van der Waals surface area contributed by atoms with E-state index in [-0.39, 0.29) is 43.1 Å². The Labute approximate surface area is 199 Å². The Morgan fingerprint density at radius 3 is 2.37 bits per heavy atom. The maximum Gasteiger partial charge on any atom is 0.275 e. The maximum absolute atomic E-state index is 13.0. The highest BCUT2D eigenvalue weighted by molar-refractivity contribution is 5.84. The lowest BCUT2D eigenvalue weighted by Gasteiger charge is -2.12. The van der Waals surface area contributed by atoms with Crippen LogP contribution in [0.15, 0.2) is 88.8 Å². The summed E-state index contributed by atoms with van der Waals surface area (Å²) >= 11 is 0. The van der Waals surface area contributed by atoms with Crippen LogP contribution in [0.4, 0.5) is 0 Å². The summed E-state index contributed by atoms with van der Waals surface area (Å²) in [6, 6.07) is 19.8. The van der Waals surface area contributed by atoms with Crippen molar-refractivity contribution in [3.05, 3.63) is 111 Å². The quantitative estimate of drug-likeness (QED) is 0.394. The van der Waals surface area contributed by atoms with Gasteiger partial charge in [0, 0.05) is 24.5 Å². The van der Waals surface area contributed by atoms with Gasteiger partial charge in [0.05, 0.1) is 47.1 Å². The van der Waals surface area contributed by atoms with Crippen molar-refractivity contribution in [3.8, 4) is 0 Å². The summed E-state index contributed by atoms with van der Waals surface area (Å²) in [5, 5.41) is 9.10. The lowest BCUT2D eigenvalue weighted by molar-refractivity contribution is -0.121. The van der Waals surface area contributed by atoms with Crippen LogP contribution in [0, 0.1) is 0 Å². The molecule has 3 aromatic heterocycles. The molecule has 0 aliphatic heterocycles. The van der Waals surface area contributed by atoms with Crippen LogP contribution in [0.2, 0.25) is 0 Å². The van der Waals surface area contributed by atoms with Crippen molar-refractivity contribution >= 4 is 27.6 Å². The molecule has 2 aromatic carbocycles. The van der Waals surface area contributed by atoms with E-state index in [0.29, 0.717) is 33.1 Å². The van der Waals surface area contributed by atoms with Crippen LogP contribution in [-0.4, -0.2) is 30.2 Å². The average Bonchev–Trinajstić information content (AvgIpc) is 2.90. The van der Waals surface area contributed by atoms with Crippen molar-refractivity contribution in [3.63, 3.8) is 0 Å². The summed E-state index contributed by atoms with van der Waals surface area (Å²) in [5.74, 6) is -0.238. The molecule has 1 N–H and O–H groups in total. The fourth-order valence-electron chi connectivity index (χ4n) is 3.95. The molecule has 0 atom stereocenters. The van der Waals surface area contributed by atoms with Gasteiger partial charge in [0.15, 0.2) is 0 Å². The number of pyridine rings is 1. The van der Waals surface area contributed by atoms with E-state index in [4.69, 9.17) is 0 Å². The minimum Gasteiger partial charge on any atom is -0.350 e. The number of benzene rings is 2. The number of fused-ring (bicyclic) bond motifs is 2. The molecular weight excluding hydrogens is 444 g/mol. The topological polar surface area (TPSA) is 112 Å². The van der Waals surface area contributed by atoms with Gasteiger partial charge in [0.1, 0.15) is 0 Å². The molecule has 9 heteroatoms. The van der Waals surface area contributed by atoms with Crippen molar-refractivity contribution in [2.24, 2.45) is 0 Å². The monoisotopic (exact) mass is 466 g/mol. The number of aryl methyl sites for hydroxylation is 1. The van der Waals surface area contributed by atoms with Gasteiger partial charge in [0.2, 0.25) is 5.91 Å². The number of nitrogens with one attached hydrogen (secondary N) is 1. The third kappa shape index (κ3) is 4.70. The number of rotatable bonds is 7. The molecule has 0 spiro atoms. The van der Waals surface area contributed by atoms with Crippen molar-refractivity contribution in [1.29, 1.82) is 0 Å². The number of aromatic nitrogens is 5. The molecule has 0 bridgehead atoms. The van der Waals surface area contributed by atoms with E-state index >= 15 is 0 Å². The number of hydrogen-bond donors (Lipinski definition) is 1. The van der Waals surface area contributed by atoms with Crippen molar-refractivity contribution in [2.75, 3.05) is 0 Å². The van der Waals surface area contributed by atoms with Crippen molar-refractivity contribution in [2.45, 2.75) is 26.1 Å². The maximum atomic E-state index is 13.0. The molecule has 1 amide bonds. The van der Waals surface area contributed by atoms with Crippen LogP contribution in [0.3, 0.4) is 0 Å². The van der Waals surface area contributed by atoms with Crippen LogP contribution in [0.1, 0.15) is 17.8 Å². The largest absolute Gasteiger partial charge is 0.350 e. The smallest absolute Gasteiger partial charge is 0.275 e. The number of amides is 1. The van der Waals surface area contributed by atoms with E-state index in [9.17, 15) is 14.4 Å². The molecule has 0 saturated carbocycles. The number of hydrogen-bond acceptors (Lipinski definition) is 6. The highest BCUT2D eigenvalue weighted by Gasteiger charge is 2.13. The standard InChI is InChI=1S/C26H22N6O3/c33-24(12-14-31-17-29-22-11-4-3-10-21(22)25(31)34)28-15-23-19-8-1-2-9-20(19)26(35)32(30-23)16-18-7-5-6-13-27-18/h1-11,13,17H,12,14-16H2,(H,28,33). The van der Waals surface area contributed by atoms with E-state index in [1.807, 2.05) is 36.4 Å². The van der Waals surface area contributed by atoms with E-state index in [1.165, 1.54) is 15.6 Å². The molecule has 0 fully saturated rings. The van der Waals surface area contributed by atoms with Crippen LogP contribution in [0.5, 0.6) is 0 Å². The van der Waals surface area contributed by atoms with E-state index in [2.05, 4.69) is 20.4 Å². The minimum absolute atomic E-state index is 0.103. The normalized spacial score (nSPS) is 11.1. The zero-order valence-electron chi connectivity index (χ0n) is 18.8. The van der Waals surface area contributed by atoms with E-state index in [1.54, 1.807) is 36.5 Å². The summed E-state index contributed by atoms with van der Waals surface area (Å²) in [5.41, 5.74) is 1.51. The molecule has 0 radical (unpaired) electrons. The molecule has 5 aromatic rings. The average molecular weight is 467 g/mol. The molecule has 9 nitrogen and oxygen atoms in total. The second kappa shape index (κ2) is 9.68. The van der Waals surface area contributed by atoms with Gasteiger partial charge >= 0.3 is 0 Å². The van der Waals surface area contributed by atoms with E-state index < -0.39 is 0 Å². The van der Waals surface area contributed by atoms with Crippen molar-refractivity contribution < 1.29 is 4.79 Å². The molecule has 5 rings (SSSR count). The number of carbonyl (C=O) groups excluding carboxylic acids is 1. The molecule has 0 unspecified atom stereocenters. The summed E-state index contributed by atoms with van der Waals surface area (Å²) < 4.78 is 2.80. The number of nitrogens with zero attached hydrogens (tertiary/aromatic N) is 5. The van der Waals surface area contributed by atoms with Gasteiger partial charge < -0.3 is 5.32 Å². The highest BCUT2D eigenvalue weighted by Crippen LogP contribution is 2.14. The fraction of sp³-hybridized carbons (Fsp3) is 0.154. The fourth-order valence-corrected chi connectivity index (χ4v) is 3.95. The second-order valence-electron chi connectivity index (χ2n) is 8.06. The minimum atomic E-state index is -0.238. The first-order valence-corrected chi connectivity index (χ1v) is 11.2. The summed E-state index contributed by atoms with van der Waals surface area (Å²) in [6.07, 6.45) is 3.23. The van der Waals surface area contributed by atoms with Gasteiger partial charge in [-0.25, -0.2) is 9.67 Å². The van der Waals surface area contributed by atoms with Gasteiger partial charge in [0.25, 0.3) is 11.1 Å². The Kier molecular flexibility index (Phi) is 6.13. The predicted octanol–water partition coefficient (Wildman–Crippen LogP) is 2.26. The number of para-hydroxylation sites is 1. The predicted molar refractivity (Wildman–Crippen MR) is 132 cm³/mol. The summed E-state index contributed by atoms with van der Waals surface area (Å²) in [7, 11) is 0. The van der Waals surface area contributed by atoms with Gasteiger partial charge in [-0.2, -0.15) is 5.10 Å². The van der Waals surface area contributed by atoms with E-state index in [0.717, 1.165) is 0 Å². The lowest BCUT2D eigenvalue weighted by Crippen LogP contribution is -2.30. The first kappa shape index (κ1) is 22.1. The third-order valence-corrected chi connectivity index (χ3v) is 5.75. The third-order valence-electron chi connectivity index (χ3n) is 5.75. The van der Waals surface area contributed by atoms with Crippen LogP contribution < -0.4 is 16.4 Å². The van der Waals surface area contributed by atoms with Crippen LogP contribution in [-0.2, 0) is 24.4 Å². The Bertz CT molecular complexity index is 1640. The molecule has 0 aliphatic rings. The van der Waals surface area contributed by atoms with Gasteiger partial charge in [-0.1, -0.05) is 36.4 Å². The SMILES string of the molecule is O=C(CCn1cnc2ccccc2c1=O)NCc1nn(Cc2ccccn2)c(=O)c2ccccc12. The van der Waals surface area contributed by atoms with Crippen LogP contribution in [0.25, 0.3) is 21.7 Å². The first-order valence-electron chi connectivity index (χ1n) is 11.2. The Hall–Kier alpha value is -4.66. The Balaban J connectivity index is 1.32. The van der Waals surface area contributed by atoms with Gasteiger partial charge in [-0.05, 0) is 30.3 Å². The molecule has 0 aliphatic carbocycles. The molecule has 35 heavy (non-hydrogen) atoms. The Morgan fingerprint density at radius 2 is 1.57 bits per heavy atom. The second-order valence-corrected chi connectivity index (χ2v) is 8.06. The van der Waals surface area contributed by atoms with Gasteiger partial charge in [-0.15, -0.1) is 0 Å². The molecule has 0 saturated heterocycles. The molecule has 3 heterocycles. The summed E-state index contributed by atoms with van der Waals surface area (Å²) in [4.78, 5) is 46.7. The first-order chi connectivity index (χ1) is 17.1. The highest BCUT2D eigenvalue weighted by atomic mass is 16.2. The summed E-state index contributed by atoms with van der Waals surface area (Å²) in [6.45, 7) is 0.575. The molecule has 174 valence electrons. The van der Waals surface area contributed by atoms with Crippen LogP contribution >= 0.6 is 0 Å². The van der Waals surface area contributed by atoms with Gasteiger partial charge in [-0.3, -0.25) is 23.9 Å². The zero-order valence-corrected chi connectivity index (χ0v) is 18.8. The number of carbonyl (C=O) groups is 1. The van der Waals surface area contributed by atoms with Crippen molar-refractivity contribution in [1.82, 2.24) is 29.6 Å². The zero-order chi connectivity index (χ0) is 24.2. The molecular formula is C26H22N6O3.